The number of aryl methyl sites for hydroxylation is 1. The van der Waals surface area contributed by atoms with Gasteiger partial charge in [-0.3, -0.25) is 0 Å². The molecule has 0 aromatic carbocycles. The van der Waals surface area contributed by atoms with Gasteiger partial charge in [0.1, 0.15) is 5.60 Å². The van der Waals surface area contributed by atoms with Crippen LogP contribution < -0.4 is 0 Å². The molecule has 0 fully saturated rings. The Morgan fingerprint density at radius 1 is 1.56 bits per heavy atom. The minimum atomic E-state index is -0.529. The van der Waals surface area contributed by atoms with Crippen LogP contribution >= 0.6 is 0 Å². The zero-order valence-electron chi connectivity index (χ0n) is 10.1. The first-order valence-electron chi connectivity index (χ1n) is 5.18. The Bertz CT molecular complexity index is 430. The maximum Gasteiger partial charge on any atom is 0.385 e. The van der Waals surface area contributed by atoms with Crippen molar-refractivity contribution >= 4 is 5.97 Å². The topological polar surface area (TPSA) is 44.1 Å². The molecule has 0 aliphatic carbocycles. The number of rotatable bonds is 1. The molecule has 16 heavy (non-hydrogen) atoms. The summed E-state index contributed by atoms with van der Waals surface area (Å²) in [5.41, 5.74) is -0.508. The highest BCUT2D eigenvalue weighted by Crippen LogP contribution is 2.06. The normalized spacial score (nSPS) is 10.5. The number of carbonyl (C=O) groups excluding carboxylic acids is 1. The summed E-state index contributed by atoms with van der Waals surface area (Å²) in [5, 5.41) is 0. The van der Waals surface area contributed by atoms with Gasteiger partial charge in [-0.2, -0.15) is 0 Å². The fourth-order valence-electron chi connectivity index (χ4n) is 1.10. The SMILES string of the molecule is CCn1ccnc1C#CC(=O)OC(C)(C)C. The summed E-state index contributed by atoms with van der Waals surface area (Å²) in [6.07, 6.45) is 3.47. The van der Waals surface area contributed by atoms with Gasteiger partial charge in [0.2, 0.25) is 0 Å². The molecule has 0 bridgehead atoms. The Labute approximate surface area is 95.6 Å². The molecule has 4 heteroatoms. The number of nitrogens with zero attached hydrogens (tertiary/aromatic N) is 2. The Hall–Kier alpha value is -1.76. The van der Waals surface area contributed by atoms with E-state index in [-0.39, 0.29) is 0 Å². The van der Waals surface area contributed by atoms with E-state index in [0.29, 0.717) is 5.82 Å². The molecule has 4 nitrogen and oxygen atoms in total. The monoisotopic (exact) mass is 220 g/mol. The molecule has 1 heterocycles. The van der Waals surface area contributed by atoms with Crippen LogP contribution in [0.3, 0.4) is 0 Å². The summed E-state index contributed by atoms with van der Waals surface area (Å²) in [6, 6.07) is 0. The Morgan fingerprint density at radius 3 is 2.81 bits per heavy atom. The van der Waals surface area contributed by atoms with Crippen LogP contribution in [0.2, 0.25) is 0 Å². The smallest absolute Gasteiger partial charge is 0.385 e. The standard InChI is InChI=1S/C12H16N2O2/c1-5-14-9-8-13-10(14)6-7-11(15)16-12(2,3)4/h8-9H,5H2,1-4H3. The van der Waals surface area contributed by atoms with Gasteiger partial charge < -0.3 is 9.30 Å². The van der Waals surface area contributed by atoms with Crippen LogP contribution in [0.4, 0.5) is 0 Å². The fourth-order valence-corrected chi connectivity index (χ4v) is 1.10. The third kappa shape index (κ3) is 3.77. The number of ether oxygens (including phenoxy) is 1. The summed E-state index contributed by atoms with van der Waals surface area (Å²) < 4.78 is 6.92. The van der Waals surface area contributed by atoms with Gasteiger partial charge >= 0.3 is 5.97 Å². The summed E-state index contributed by atoms with van der Waals surface area (Å²) in [6.45, 7) is 8.18. The predicted molar refractivity (Wildman–Crippen MR) is 60.6 cm³/mol. The molecule has 0 saturated carbocycles. The van der Waals surface area contributed by atoms with Gasteiger partial charge in [0.05, 0.1) is 0 Å². The molecular formula is C12H16N2O2. The van der Waals surface area contributed by atoms with E-state index in [0.717, 1.165) is 6.54 Å². The van der Waals surface area contributed by atoms with Crippen LogP contribution in [0.25, 0.3) is 0 Å². The number of hydrogen-bond donors (Lipinski definition) is 0. The maximum atomic E-state index is 11.3. The van der Waals surface area contributed by atoms with Crippen LogP contribution in [-0.4, -0.2) is 21.1 Å². The first-order valence-corrected chi connectivity index (χ1v) is 5.18. The van der Waals surface area contributed by atoms with Crippen molar-refractivity contribution < 1.29 is 9.53 Å². The molecule has 0 saturated heterocycles. The second kappa shape index (κ2) is 4.84. The van der Waals surface area contributed by atoms with Crippen molar-refractivity contribution in [2.75, 3.05) is 0 Å². The largest absolute Gasteiger partial charge is 0.450 e. The van der Waals surface area contributed by atoms with Gasteiger partial charge in [-0.05, 0) is 33.6 Å². The van der Waals surface area contributed by atoms with Crippen molar-refractivity contribution in [1.29, 1.82) is 0 Å². The first-order chi connectivity index (χ1) is 7.42. The van der Waals surface area contributed by atoms with Gasteiger partial charge in [0, 0.05) is 24.9 Å². The van der Waals surface area contributed by atoms with E-state index in [1.165, 1.54) is 0 Å². The van der Waals surface area contributed by atoms with Crippen molar-refractivity contribution in [3.63, 3.8) is 0 Å². The number of imidazole rings is 1. The van der Waals surface area contributed by atoms with Crippen molar-refractivity contribution in [2.45, 2.75) is 39.8 Å². The summed E-state index contributed by atoms with van der Waals surface area (Å²) in [7, 11) is 0. The molecule has 0 radical (unpaired) electrons. The molecule has 86 valence electrons. The van der Waals surface area contributed by atoms with Crippen LogP contribution in [-0.2, 0) is 16.1 Å². The number of esters is 1. The Morgan fingerprint density at radius 2 is 2.25 bits per heavy atom. The predicted octanol–water partition coefficient (Wildman–Crippen LogP) is 1.60. The van der Waals surface area contributed by atoms with E-state index < -0.39 is 11.6 Å². The quantitative estimate of drug-likeness (QED) is 0.533. The lowest BCUT2D eigenvalue weighted by atomic mass is 10.2. The molecule has 1 rings (SSSR count). The van der Waals surface area contributed by atoms with Crippen LogP contribution in [0, 0.1) is 11.8 Å². The molecule has 0 aliphatic rings. The van der Waals surface area contributed by atoms with Gasteiger partial charge in [-0.1, -0.05) is 0 Å². The van der Waals surface area contributed by atoms with E-state index in [2.05, 4.69) is 16.8 Å². The molecule has 0 aliphatic heterocycles. The number of carbonyl (C=O) groups is 1. The molecule has 0 N–H and O–H groups in total. The van der Waals surface area contributed by atoms with E-state index in [1.807, 2.05) is 17.7 Å². The summed E-state index contributed by atoms with van der Waals surface area (Å²) >= 11 is 0. The highest BCUT2D eigenvalue weighted by atomic mass is 16.6. The Balaban J connectivity index is 2.71. The molecule has 0 spiro atoms. The van der Waals surface area contributed by atoms with Crippen LogP contribution in [0.5, 0.6) is 0 Å². The van der Waals surface area contributed by atoms with Gasteiger partial charge in [0.15, 0.2) is 5.82 Å². The highest BCUT2D eigenvalue weighted by Gasteiger charge is 2.14. The first kappa shape index (κ1) is 12.3. The molecule has 0 amide bonds. The van der Waals surface area contributed by atoms with Crippen molar-refractivity contribution in [3.8, 4) is 11.8 Å². The molecule has 1 aromatic rings. The minimum Gasteiger partial charge on any atom is -0.450 e. The second-order valence-electron chi connectivity index (χ2n) is 4.29. The maximum absolute atomic E-state index is 11.3. The molecule has 0 unspecified atom stereocenters. The lowest BCUT2D eigenvalue weighted by molar-refractivity contribution is -0.147. The lowest BCUT2D eigenvalue weighted by Gasteiger charge is -2.16. The average molecular weight is 220 g/mol. The summed E-state index contributed by atoms with van der Waals surface area (Å²) in [4.78, 5) is 15.4. The second-order valence-corrected chi connectivity index (χ2v) is 4.29. The van der Waals surface area contributed by atoms with Crippen molar-refractivity contribution in [1.82, 2.24) is 9.55 Å². The minimum absolute atomic E-state index is 0.508. The third-order valence-corrected chi connectivity index (χ3v) is 1.73. The van der Waals surface area contributed by atoms with Gasteiger partial charge in [0.25, 0.3) is 0 Å². The van der Waals surface area contributed by atoms with E-state index in [1.54, 1.807) is 27.0 Å². The number of aromatic nitrogens is 2. The average Bonchev–Trinajstić information content (AvgIpc) is 2.59. The van der Waals surface area contributed by atoms with Gasteiger partial charge in [-0.15, -0.1) is 0 Å². The van der Waals surface area contributed by atoms with Crippen LogP contribution in [0.1, 0.15) is 33.5 Å². The molecule has 1 aromatic heterocycles. The van der Waals surface area contributed by atoms with E-state index >= 15 is 0 Å². The fraction of sp³-hybridized carbons (Fsp3) is 0.500. The number of hydrogen-bond acceptors (Lipinski definition) is 3. The summed E-state index contributed by atoms with van der Waals surface area (Å²) in [5.74, 6) is 5.16. The lowest BCUT2D eigenvalue weighted by Crippen LogP contribution is -2.22. The Kier molecular flexibility index (Phi) is 3.73. The van der Waals surface area contributed by atoms with E-state index in [9.17, 15) is 4.79 Å². The molecule has 0 atom stereocenters. The highest BCUT2D eigenvalue weighted by molar-refractivity contribution is 5.89. The van der Waals surface area contributed by atoms with Crippen molar-refractivity contribution in [3.05, 3.63) is 18.2 Å². The van der Waals surface area contributed by atoms with Crippen molar-refractivity contribution in [2.24, 2.45) is 0 Å². The third-order valence-electron chi connectivity index (χ3n) is 1.73. The zero-order valence-corrected chi connectivity index (χ0v) is 10.1. The van der Waals surface area contributed by atoms with Crippen LogP contribution in [0.15, 0.2) is 12.4 Å². The van der Waals surface area contributed by atoms with E-state index in [4.69, 9.17) is 4.74 Å². The molecular weight excluding hydrogens is 204 g/mol. The zero-order chi connectivity index (χ0) is 12.2. The van der Waals surface area contributed by atoms with Gasteiger partial charge in [-0.25, -0.2) is 9.78 Å².